The highest BCUT2D eigenvalue weighted by Crippen LogP contribution is 2.21. The van der Waals surface area contributed by atoms with Crippen LogP contribution in [-0.4, -0.2) is 49.9 Å². The van der Waals surface area contributed by atoms with Crippen LogP contribution in [0.2, 0.25) is 0 Å². The predicted molar refractivity (Wildman–Crippen MR) is 160 cm³/mol. The van der Waals surface area contributed by atoms with E-state index in [1.807, 2.05) is 68.4 Å². The highest BCUT2D eigenvalue weighted by molar-refractivity contribution is 5.98. The topological polar surface area (TPSA) is 137 Å². The molecule has 0 fully saturated rings. The number of aromatic amines is 1. The lowest BCUT2D eigenvalue weighted by molar-refractivity contribution is -0.142. The molecule has 0 bridgehead atoms. The second-order valence-electron chi connectivity index (χ2n) is 10.4. The summed E-state index contributed by atoms with van der Waals surface area (Å²) in [6, 6.07) is 18.4. The lowest BCUT2D eigenvalue weighted by atomic mass is 10.00. The normalized spacial score (nSPS) is 12.4. The molecule has 0 unspecified atom stereocenters. The number of hydrogen-bond acceptors (Lipinski definition) is 5. The lowest BCUT2D eigenvalue weighted by Crippen LogP contribution is -2.53. The zero-order valence-electron chi connectivity index (χ0n) is 23.3. The number of carbonyl (C=O) groups excluding carboxylic acids is 2. The number of rotatable bonds is 10. The minimum Gasteiger partial charge on any atom is -0.480 e. The van der Waals surface area contributed by atoms with Crippen molar-refractivity contribution >= 4 is 28.7 Å². The first-order valence-electron chi connectivity index (χ1n) is 13.6. The van der Waals surface area contributed by atoms with Gasteiger partial charge in [-0.05, 0) is 48.7 Å². The van der Waals surface area contributed by atoms with Crippen molar-refractivity contribution in [3.05, 3.63) is 119 Å². The van der Waals surface area contributed by atoms with Gasteiger partial charge in [0.2, 0.25) is 5.91 Å². The van der Waals surface area contributed by atoms with Gasteiger partial charge in [0.15, 0.2) is 0 Å². The number of para-hydroxylation sites is 1. The molecule has 0 aliphatic carbocycles. The van der Waals surface area contributed by atoms with Crippen molar-refractivity contribution in [2.45, 2.75) is 38.8 Å². The molecule has 5 rings (SSSR count). The van der Waals surface area contributed by atoms with Gasteiger partial charge in [-0.25, -0.2) is 14.8 Å². The number of carbonyl (C=O) groups is 3. The summed E-state index contributed by atoms with van der Waals surface area (Å²) >= 11 is 0. The first-order valence-corrected chi connectivity index (χ1v) is 13.6. The molecule has 2 atom stereocenters. The zero-order chi connectivity index (χ0) is 29.6. The third-order valence-electron chi connectivity index (χ3n) is 7.11. The van der Waals surface area contributed by atoms with Gasteiger partial charge in [-0.2, -0.15) is 0 Å². The van der Waals surface area contributed by atoms with E-state index in [2.05, 4.69) is 25.6 Å². The summed E-state index contributed by atoms with van der Waals surface area (Å²) in [4.78, 5) is 50.4. The molecule has 2 heterocycles. The molecule has 212 valence electrons. The van der Waals surface area contributed by atoms with E-state index in [0.29, 0.717) is 5.56 Å². The monoisotopic (exact) mass is 561 g/mol. The number of aromatic nitrogens is 3. The molecule has 9 heteroatoms. The third kappa shape index (κ3) is 6.69. The van der Waals surface area contributed by atoms with Crippen molar-refractivity contribution in [1.82, 2.24) is 25.6 Å². The van der Waals surface area contributed by atoms with Gasteiger partial charge in [0.1, 0.15) is 18.4 Å². The molecule has 3 aromatic carbocycles. The van der Waals surface area contributed by atoms with E-state index >= 15 is 0 Å². The first kappa shape index (κ1) is 28.2. The molecule has 9 nitrogen and oxygen atoms in total. The quantitative estimate of drug-likeness (QED) is 0.200. The molecule has 0 aliphatic rings. The number of H-pyrrole nitrogens is 1. The van der Waals surface area contributed by atoms with Crippen molar-refractivity contribution < 1.29 is 19.5 Å². The van der Waals surface area contributed by atoms with E-state index in [1.54, 1.807) is 30.7 Å². The summed E-state index contributed by atoms with van der Waals surface area (Å²) in [6.07, 6.45) is 6.88. The smallest absolute Gasteiger partial charge is 0.326 e. The van der Waals surface area contributed by atoms with Crippen LogP contribution in [0.5, 0.6) is 0 Å². The van der Waals surface area contributed by atoms with E-state index in [1.165, 1.54) is 6.33 Å². The molecule has 2 aromatic heterocycles. The number of nitrogens with zero attached hydrogens (tertiary/aromatic N) is 2. The molecule has 0 radical (unpaired) electrons. The van der Waals surface area contributed by atoms with Crippen LogP contribution >= 0.6 is 0 Å². The van der Waals surface area contributed by atoms with Crippen molar-refractivity contribution in [3.63, 3.8) is 0 Å². The summed E-state index contributed by atoms with van der Waals surface area (Å²) in [5.74, 6) is -2.16. The fourth-order valence-electron chi connectivity index (χ4n) is 5.07. The van der Waals surface area contributed by atoms with Crippen LogP contribution in [0.3, 0.4) is 0 Å². The number of carboxylic acid groups (broad SMARTS) is 1. The van der Waals surface area contributed by atoms with Crippen molar-refractivity contribution in [3.8, 4) is 11.1 Å². The van der Waals surface area contributed by atoms with Gasteiger partial charge in [-0.1, -0.05) is 59.7 Å². The maximum atomic E-state index is 13.6. The molecule has 0 saturated carbocycles. The Balaban J connectivity index is 1.38. The Hall–Kier alpha value is -5.31. The first-order chi connectivity index (χ1) is 20.3. The summed E-state index contributed by atoms with van der Waals surface area (Å²) in [7, 11) is 0. The van der Waals surface area contributed by atoms with Crippen molar-refractivity contribution in [2.24, 2.45) is 0 Å². The maximum absolute atomic E-state index is 13.6. The van der Waals surface area contributed by atoms with Crippen LogP contribution in [0.4, 0.5) is 0 Å². The maximum Gasteiger partial charge on any atom is 0.326 e. The van der Waals surface area contributed by atoms with Gasteiger partial charge in [-0.15, -0.1) is 0 Å². The summed E-state index contributed by atoms with van der Waals surface area (Å²) in [5.41, 5.74) is 6.48. The number of aliphatic carboxylic acids is 1. The van der Waals surface area contributed by atoms with Gasteiger partial charge < -0.3 is 20.7 Å². The summed E-state index contributed by atoms with van der Waals surface area (Å²) < 4.78 is 0. The van der Waals surface area contributed by atoms with Gasteiger partial charge in [0.25, 0.3) is 5.91 Å². The Labute approximate surface area is 243 Å². The summed E-state index contributed by atoms with van der Waals surface area (Å²) in [6.45, 7) is 3.80. The van der Waals surface area contributed by atoms with Gasteiger partial charge in [0.05, 0.1) is 0 Å². The number of amides is 2. The highest BCUT2D eigenvalue weighted by Gasteiger charge is 2.28. The van der Waals surface area contributed by atoms with E-state index in [-0.39, 0.29) is 12.8 Å². The van der Waals surface area contributed by atoms with Crippen LogP contribution in [0.25, 0.3) is 22.0 Å². The Morgan fingerprint density at radius 2 is 1.52 bits per heavy atom. The number of benzene rings is 3. The molecule has 0 saturated heterocycles. The fourth-order valence-corrected chi connectivity index (χ4v) is 5.07. The average Bonchev–Trinajstić information content (AvgIpc) is 3.39. The number of fused-ring (bicyclic) bond motifs is 1. The molecule has 2 amide bonds. The Morgan fingerprint density at radius 3 is 2.21 bits per heavy atom. The summed E-state index contributed by atoms with van der Waals surface area (Å²) in [5, 5.41) is 16.4. The largest absolute Gasteiger partial charge is 0.480 e. The SMILES string of the molecule is Cc1cc(C)cc(C(=O)N[C@H](Cc2ccc(-c3cncnc3)cc2)C(=O)N[C@@H](Cc2c[nH]c3ccccc23)C(=O)O)c1. The standard InChI is InChI=1S/C33H31N5O4/c1-20-11-21(2)13-24(12-20)31(39)37-29(14-22-7-9-23(10-8-22)26-16-34-19-35-17-26)32(40)38-30(33(41)42)15-25-18-36-28-6-4-3-5-27(25)28/h3-13,16-19,29-30,36H,14-15H2,1-2H3,(H,37,39)(H,38,40)(H,41,42)/t29-,30+/m1/s1. The van der Waals surface area contributed by atoms with Crippen molar-refractivity contribution in [2.75, 3.05) is 0 Å². The van der Waals surface area contributed by atoms with Crippen molar-refractivity contribution in [1.29, 1.82) is 0 Å². The van der Waals surface area contributed by atoms with E-state index < -0.39 is 29.9 Å². The Kier molecular flexibility index (Phi) is 8.38. The van der Waals surface area contributed by atoms with Crippen LogP contribution < -0.4 is 10.6 Å². The van der Waals surface area contributed by atoms with Crippen LogP contribution in [0.15, 0.2) is 91.6 Å². The fraction of sp³-hybridized carbons (Fsp3) is 0.182. The second kappa shape index (κ2) is 12.5. The number of hydrogen-bond donors (Lipinski definition) is 4. The van der Waals surface area contributed by atoms with Gasteiger partial charge >= 0.3 is 5.97 Å². The average molecular weight is 562 g/mol. The molecular weight excluding hydrogens is 530 g/mol. The van der Waals surface area contributed by atoms with Gasteiger partial charge in [-0.3, -0.25) is 9.59 Å². The van der Waals surface area contributed by atoms with Crippen LogP contribution in [0.1, 0.15) is 32.6 Å². The molecule has 0 spiro atoms. The van der Waals surface area contributed by atoms with Crippen LogP contribution in [0, 0.1) is 13.8 Å². The van der Waals surface area contributed by atoms with E-state index in [4.69, 9.17) is 0 Å². The molecule has 42 heavy (non-hydrogen) atoms. The van der Waals surface area contributed by atoms with Crippen LogP contribution in [-0.2, 0) is 22.4 Å². The molecular formula is C33H31N5O4. The second-order valence-corrected chi connectivity index (χ2v) is 10.4. The van der Waals surface area contributed by atoms with E-state index in [0.717, 1.165) is 44.3 Å². The number of nitrogens with one attached hydrogen (secondary N) is 3. The highest BCUT2D eigenvalue weighted by atomic mass is 16.4. The molecule has 5 aromatic rings. The Bertz CT molecular complexity index is 1710. The molecule has 0 aliphatic heterocycles. The van der Waals surface area contributed by atoms with Gasteiger partial charge in [0, 0.05) is 53.5 Å². The van der Waals surface area contributed by atoms with E-state index in [9.17, 15) is 19.5 Å². The predicted octanol–water partition coefficient (Wildman–Crippen LogP) is 4.39. The third-order valence-corrected chi connectivity index (χ3v) is 7.11. The number of aryl methyl sites for hydroxylation is 2. The lowest BCUT2D eigenvalue weighted by Gasteiger charge is -2.22. The zero-order valence-corrected chi connectivity index (χ0v) is 23.3. The minimum absolute atomic E-state index is 0.0800. The minimum atomic E-state index is -1.20. The Morgan fingerprint density at radius 1 is 0.833 bits per heavy atom. The molecule has 4 N–H and O–H groups in total. The number of carboxylic acids is 1.